The number of carbonyl (C=O) groups is 2. The monoisotopic (exact) mass is 490 g/mol. The van der Waals surface area contributed by atoms with Crippen LogP contribution < -0.4 is 5.32 Å². The number of piperidine rings is 1. The number of benzene rings is 1. The van der Waals surface area contributed by atoms with Crippen LogP contribution in [0.1, 0.15) is 70.2 Å². The number of thiophene rings is 1. The number of nitrogens with zero attached hydrogens (tertiary/aromatic N) is 1. The third kappa shape index (κ3) is 5.00. The van der Waals surface area contributed by atoms with E-state index in [1.807, 2.05) is 0 Å². The van der Waals surface area contributed by atoms with Crippen molar-refractivity contribution >= 4 is 38.2 Å². The molecule has 33 heavy (non-hydrogen) atoms. The van der Waals surface area contributed by atoms with Crippen molar-refractivity contribution in [1.29, 1.82) is 0 Å². The molecule has 0 saturated carbocycles. The molecular weight excluding hydrogens is 460 g/mol. The van der Waals surface area contributed by atoms with E-state index >= 15 is 0 Å². The zero-order chi connectivity index (χ0) is 23.6. The molecule has 0 spiro atoms. The lowest BCUT2D eigenvalue weighted by Crippen LogP contribution is -2.37. The zero-order valence-corrected chi connectivity index (χ0v) is 20.7. The average molecular weight is 491 g/mol. The van der Waals surface area contributed by atoms with E-state index in [1.165, 1.54) is 47.0 Å². The number of rotatable bonds is 5. The lowest BCUT2D eigenvalue weighted by molar-refractivity contribution is 0.0601. The highest BCUT2D eigenvalue weighted by Crippen LogP contribution is 2.38. The number of hydrogen-bond donors (Lipinski definition) is 1. The molecule has 1 aromatic carbocycles. The van der Waals surface area contributed by atoms with Crippen LogP contribution >= 0.6 is 11.3 Å². The molecule has 1 aliphatic carbocycles. The van der Waals surface area contributed by atoms with E-state index in [2.05, 4.69) is 12.2 Å². The van der Waals surface area contributed by atoms with Gasteiger partial charge in [-0.2, -0.15) is 4.31 Å². The van der Waals surface area contributed by atoms with Gasteiger partial charge in [-0.25, -0.2) is 13.2 Å². The van der Waals surface area contributed by atoms with E-state index in [4.69, 9.17) is 4.74 Å². The molecule has 1 N–H and O–H groups in total. The highest BCUT2D eigenvalue weighted by Gasteiger charge is 2.29. The number of carbonyl (C=O) groups excluding carboxylic acids is 2. The summed E-state index contributed by atoms with van der Waals surface area (Å²) in [7, 11) is -2.23. The number of nitrogens with one attached hydrogen (secondary N) is 1. The molecule has 4 rings (SSSR count). The van der Waals surface area contributed by atoms with E-state index in [0.717, 1.165) is 55.4 Å². The Balaban J connectivity index is 1.53. The lowest BCUT2D eigenvalue weighted by Gasteiger charge is -2.29. The van der Waals surface area contributed by atoms with Gasteiger partial charge in [-0.05, 0) is 74.3 Å². The summed E-state index contributed by atoms with van der Waals surface area (Å²) in [6.07, 6.45) is 6.59. The van der Waals surface area contributed by atoms with Crippen LogP contribution in [0.5, 0.6) is 0 Å². The Labute approximate surface area is 199 Å². The van der Waals surface area contributed by atoms with Crippen molar-refractivity contribution in [3.8, 4) is 0 Å². The van der Waals surface area contributed by atoms with E-state index in [0.29, 0.717) is 35.1 Å². The van der Waals surface area contributed by atoms with Gasteiger partial charge in [0, 0.05) is 23.5 Å². The molecule has 178 valence electrons. The van der Waals surface area contributed by atoms with Gasteiger partial charge in [0.25, 0.3) is 5.91 Å². The van der Waals surface area contributed by atoms with Crippen molar-refractivity contribution in [3.63, 3.8) is 0 Å². The molecule has 0 atom stereocenters. The summed E-state index contributed by atoms with van der Waals surface area (Å²) < 4.78 is 32.4. The maximum Gasteiger partial charge on any atom is 0.341 e. The predicted molar refractivity (Wildman–Crippen MR) is 128 cm³/mol. The SMILES string of the molecule is COC(=O)c1c(NC(=O)c2ccc(S(=O)(=O)N3CCC(C)CC3)cc2)sc2c1CCCCC2. The number of aryl methyl sites for hydroxylation is 1. The van der Waals surface area contributed by atoms with Crippen molar-refractivity contribution in [3.05, 3.63) is 45.8 Å². The van der Waals surface area contributed by atoms with Crippen LogP contribution in [0.3, 0.4) is 0 Å². The molecule has 1 aliphatic heterocycles. The first-order valence-electron chi connectivity index (χ1n) is 11.5. The fourth-order valence-corrected chi connectivity index (χ4v) is 7.22. The Morgan fingerprint density at radius 2 is 1.73 bits per heavy atom. The molecular formula is C24H30N2O5S2. The highest BCUT2D eigenvalue weighted by molar-refractivity contribution is 7.89. The van der Waals surface area contributed by atoms with E-state index in [-0.39, 0.29) is 10.8 Å². The minimum absolute atomic E-state index is 0.187. The second-order valence-corrected chi connectivity index (χ2v) is 11.9. The van der Waals surface area contributed by atoms with Gasteiger partial charge in [0.05, 0.1) is 17.6 Å². The van der Waals surface area contributed by atoms with Crippen molar-refractivity contribution in [1.82, 2.24) is 4.31 Å². The molecule has 1 fully saturated rings. The first-order valence-corrected chi connectivity index (χ1v) is 13.7. The Kier molecular flexibility index (Phi) is 7.21. The molecule has 1 aromatic heterocycles. The molecule has 1 saturated heterocycles. The Hall–Kier alpha value is -2.23. The molecule has 2 heterocycles. The van der Waals surface area contributed by atoms with Crippen LogP contribution in [0, 0.1) is 5.92 Å². The topological polar surface area (TPSA) is 92.8 Å². The average Bonchev–Trinajstić information content (AvgIpc) is 2.98. The van der Waals surface area contributed by atoms with Crippen LogP contribution in [0.15, 0.2) is 29.2 Å². The van der Waals surface area contributed by atoms with E-state index in [1.54, 1.807) is 0 Å². The Morgan fingerprint density at radius 3 is 2.39 bits per heavy atom. The van der Waals surface area contributed by atoms with Gasteiger partial charge >= 0.3 is 5.97 Å². The molecule has 0 bridgehead atoms. The van der Waals surface area contributed by atoms with Gasteiger partial charge in [0.1, 0.15) is 5.00 Å². The maximum atomic E-state index is 12.9. The van der Waals surface area contributed by atoms with E-state index < -0.39 is 16.0 Å². The fraction of sp³-hybridized carbons (Fsp3) is 0.500. The van der Waals surface area contributed by atoms with Crippen molar-refractivity contribution in [2.24, 2.45) is 5.92 Å². The van der Waals surface area contributed by atoms with Gasteiger partial charge in [0.15, 0.2) is 0 Å². The second-order valence-electron chi connectivity index (χ2n) is 8.83. The summed E-state index contributed by atoms with van der Waals surface area (Å²) >= 11 is 1.43. The van der Waals surface area contributed by atoms with Crippen LogP contribution in [0.25, 0.3) is 0 Å². The minimum atomic E-state index is -3.57. The summed E-state index contributed by atoms with van der Waals surface area (Å²) in [4.78, 5) is 26.7. The van der Waals surface area contributed by atoms with Crippen molar-refractivity contribution in [2.75, 3.05) is 25.5 Å². The standard InChI is InChI=1S/C24H30N2O5S2/c1-16-12-14-26(15-13-16)33(29,30)18-10-8-17(9-11-18)22(27)25-23-21(24(28)31-2)19-6-4-3-5-7-20(19)32-23/h8-11,16H,3-7,12-15H2,1-2H3,(H,25,27). The van der Waals surface area contributed by atoms with Crippen LogP contribution in [-0.4, -0.2) is 44.8 Å². The first-order chi connectivity index (χ1) is 15.8. The van der Waals surface area contributed by atoms with Gasteiger partial charge in [-0.15, -0.1) is 11.3 Å². The maximum absolute atomic E-state index is 12.9. The van der Waals surface area contributed by atoms with Crippen LogP contribution in [0.4, 0.5) is 5.00 Å². The van der Waals surface area contributed by atoms with Gasteiger partial charge < -0.3 is 10.1 Å². The smallest absolute Gasteiger partial charge is 0.341 e. The molecule has 7 nitrogen and oxygen atoms in total. The number of sulfonamides is 1. The Morgan fingerprint density at radius 1 is 1.06 bits per heavy atom. The van der Waals surface area contributed by atoms with Gasteiger partial charge in [-0.3, -0.25) is 4.79 Å². The normalized spacial score (nSPS) is 17.8. The second kappa shape index (κ2) is 9.95. The fourth-order valence-electron chi connectivity index (χ4n) is 4.48. The first kappa shape index (κ1) is 23.9. The Bertz CT molecular complexity index is 1130. The zero-order valence-electron chi connectivity index (χ0n) is 19.1. The van der Waals surface area contributed by atoms with Gasteiger partial charge in [-0.1, -0.05) is 13.3 Å². The number of fused-ring (bicyclic) bond motifs is 1. The number of methoxy groups -OCH3 is 1. The van der Waals surface area contributed by atoms with E-state index in [9.17, 15) is 18.0 Å². The predicted octanol–water partition coefficient (Wildman–Crippen LogP) is 4.48. The van der Waals surface area contributed by atoms with Crippen LogP contribution in [-0.2, 0) is 27.6 Å². The third-order valence-corrected chi connectivity index (χ3v) is 9.65. The molecule has 9 heteroatoms. The number of amides is 1. The minimum Gasteiger partial charge on any atom is -0.465 e. The highest BCUT2D eigenvalue weighted by atomic mass is 32.2. The van der Waals surface area contributed by atoms with Gasteiger partial charge in [0.2, 0.25) is 10.0 Å². The van der Waals surface area contributed by atoms with Crippen LogP contribution in [0.2, 0.25) is 0 Å². The lowest BCUT2D eigenvalue weighted by atomic mass is 10.0. The van der Waals surface area contributed by atoms with Crippen molar-refractivity contribution < 1.29 is 22.7 Å². The summed E-state index contributed by atoms with van der Waals surface area (Å²) in [6.45, 7) is 3.17. The number of ether oxygens (including phenoxy) is 1. The number of hydrogen-bond acceptors (Lipinski definition) is 6. The molecule has 2 aliphatic rings. The molecule has 0 unspecified atom stereocenters. The molecule has 1 amide bonds. The molecule has 0 radical (unpaired) electrons. The summed E-state index contributed by atoms with van der Waals surface area (Å²) in [6, 6.07) is 6.00. The molecule has 2 aromatic rings. The number of anilines is 1. The number of esters is 1. The van der Waals surface area contributed by atoms with Crippen molar-refractivity contribution in [2.45, 2.75) is 56.8 Å². The summed E-state index contributed by atoms with van der Waals surface area (Å²) in [5, 5.41) is 3.36. The quantitative estimate of drug-likeness (QED) is 0.493. The largest absolute Gasteiger partial charge is 0.465 e. The third-order valence-electron chi connectivity index (χ3n) is 6.53. The summed E-state index contributed by atoms with van der Waals surface area (Å²) in [5.74, 6) is -0.293. The summed E-state index contributed by atoms with van der Waals surface area (Å²) in [5.41, 5.74) is 1.77.